The van der Waals surface area contributed by atoms with Crippen LogP contribution in [0.5, 0.6) is 0 Å². The van der Waals surface area contributed by atoms with Crippen LogP contribution in [0.4, 0.5) is 0 Å². The van der Waals surface area contributed by atoms with Gasteiger partial charge < -0.3 is 4.74 Å². The molecule has 2 aromatic rings. The van der Waals surface area contributed by atoms with Crippen LogP contribution in [-0.4, -0.2) is 15.9 Å². The lowest BCUT2D eigenvalue weighted by Gasteiger charge is -2.23. The summed E-state index contributed by atoms with van der Waals surface area (Å²) < 4.78 is 5.33. The van der Waals surface area contributed by atoms with Gasteiger partial charge in [0.2, 0.25) is 0 Å². The van der Waals surface area contributed by atoms with Gasteiger partial charge in [0.1, 0.15) is 11.8 Å². The van der Waals surface area contributed by atoms with Crippen molar-refractivity contribution < 1.29 is 9.53 Å². The summed E-state index contributed by atoms with van der Waals surface area (Å²) in [7, 11) is 0. The molecule has 3 rings (SSSR count). The number of esters is 1. The van der Waals surface area contributed by atoms with Gasteiger partial charge in [0, 0.05) is 6.92 Å². The number of benzene rings is 1. The summed E-state index contributed by atoms with van der Waals surface area (Å²) in [6.45, 7) is 1.43. The Bertz CT molecular complexity index is 610. The Hall–Kier alpha value is -1.97. The minimum atomic E-state index is -0.261. The first-order chi connectivity index (χ1) is 8.74. The number of ether oxygens (including phenoxy) is 1. The molecule has 0 spiro atoms. The molecule has 4 heteroatoms. The second-order valence-corrected chi connectivity index (χ2v) is 4.53. The molecule has 0 unspecified atom stereocenters. The molecule has 0 radical (unpaired) electrons. The lowest BCUT2D eigenvalue weighted by atomic mass is 9.97. The number of carbonyl (C=O) groups is 1. The van der Waals surface area contributed by atoms with Crippen LogP contribution in [0.25, 0.3) is 11.0 Å². The SMILES string of the molecule is CC(=O)O[C@H]1CCCc2nc3ccccc3nc21. The molecule has 1 aliphatic carbocycles. The van der Waals surface area contributed by atoms with E-state index < -0.39 is 0 Å². The highest BCUT2D eigenvalue weighted by molar-refractivity contribution is 5.74. The Kier molecular flexibility index (Phi) is 2.70. The van der Waals surface area contributed by atoms with E-state index in [4.69, 9.17) is 4.74 Å². The van der Waals surface area contributed by atoms with Crippen molar-refractivity contribution in [1.82, 2.24) is 9.97 Å². The van der Waals surface area contributed by atoms with Crippen molar-refractivity contribution >= 4 is 17.0 Å². The van der Waals surface area contributed by atoms with Crippen molar-refractivity contribution in [3.63, 3.8) is 0 Å². The molecule has 0 saturated heterocycles. The highest BCUT2D eigenvalue weighted by Crippen LogP contribution is 2.31. The number of hydrogen-bond donors (Lipinski definition) is 0. The number of aryl methyl sites for hydroxylation is 1. The molecular formula is C14H14N2O2. The molecule has 0 aliphatic heterocycles. The second-order valence-electron chi connectivity index (χ2n) is 4.53. The minimum Gasteiger partial charge on any atom is -0.456 e. The van der Waals surface area contributed by atoms with Gasteiger partial charge in [-0.1, -0.05) is 12.1 Å². The van der Waals surface area contributed by atoms with E-state index in [-0.39, 0.29) is 12.1 Å². The molecule has 1 aromatic carbocycles. The van der Waals surface area contributed by atoms with Crippen LogP contribution in [0.15, 0.2) is 24.3 Å². The zero-order chi connectivity index (χ0) is 12.5. The van der Waals surface area contributed by atoms with Gasteiger partial charge in [-0.05, 0) is 31.4 Å². The van der Waals surface area contributed by atoms with Crippen LogP contribution in [0.1, 0.15) is 37.3 Å². The number of fused-ring (bicyclic) bond motifs is 2. The maximum absolute atomic E-state index is 11.1. The first kappa shape index (κ1) is 11.1. The first-order valence-electron chi connectivity index (χ1n) is 6.17. The predicted octanol–water partition coefficient (Wildman–Crippen LogP) is 2.57. The fourth-order valence-electron chi connectivity index (χ4n) is 2.40. The summed E-state index contributed by atoms with van der Waals surface area (Å²) in [6, 6.07) is 7.78. The van der Waals surface area contributed by atoms with Gasteiger partial charge in [0.05, 0.1) is 16.7 Å². The van der Waals surface area contributed by atoms with Crippen molar-refractivity contribution in [1.29, 1.82) is 0 Å². The molecule has 0 N–H and O–H groups in total. The number of para-hydroxylation sites is 2. The summed E-state index contributed by atoms with van der Waals surface area (Å²) in [5, 5.41) is 0. The van der Waals surface area contributed by atoms with Crippen molar-refractivity contribution in [3.05, 3.63) is 35.7 Å². The van der Waals surface area contributed by atoms with E-state index in [0.717, 1.165) is 41.7 Å². The highest BCUT2D eigenvalue weighted by Gasteiger charge is 2.25. The van der Waals surface area contributed by atoms with E-state index in [2.05, 4.69) is 9.97 Å². The van der Waals surface area contributed by atoms with Gasteiger partial charge in [-0.25, -0.2) is 9.97 Å². The summed E-state index contributed by atoms with van der Waals surface area (Å²) in [6.07, 6.45) is 2.49. The van der Waals surface area contributed by atoms with Crippen LogP contribution < -0.4 is 0 Å². The van der Waals surface area contributed by atoms with Crippen LogP contribution >= 0.6 is 0 Å². The Balaban J connectivity index is 2.10. The van der Waals surface area contributed by atoms with Crippen molar-refractivity contribution in [3.8, 4) is 0 Å². The number of rotatable bonds is 1. The molecule has 4 nitrogen and oxygen atoms in total. The smallest absolute Gasteiger partial charge is 0.303 e. The molecule has 0 amide bonds. The Morgan fingerprint density at radius 2 is 2.00 bits per heavy atom. The maximum Gasteiger partial charge on any atom is 0.303 e. The number of hydrogen-bond acceptors (Lipinski definition) is 4. The minimum absolute atomic E-state index is 0.233. The number of nitrogens with zero attached hydrogens (tertiary/aromatic N) is 2. The molecule has 0 fully saturated rings. The van der Waals surface area contributed by atoms with Gasteiger partial charge in [-0.15, -0.1) is 0 Å². The summed E-state index contributed by atoms with van der Waals surface area (Å²) in [5.74, 6) is -0.261. The van der Waals surface area contributed by atoms with Gasteiger partial charge in [0.15, 0.2) is 0 Å². The molecule has 1 aromatic heterocycles. The Morgan fingerprint density at radius 1 is 1.28 bits per heavy atom. The fourth-order valence-corrected chi connectivity index (χ4v) is 2.40. The van der Waals surface area contributed by atoms with Crippen molar-refractivity contribution in [2.75, 3.05) is 0 Å². The number of carbonyl (C=O) groups excluding carboxylic acids is 1. The van der Waals surface area contributed by atoms with E-state index in [0.29, 0.717) is 0 Å². The average molecular weight is 242 g/mol. The van der Waals surface area contributed by atoms with E-state index in [1.54, 1.807) is 0 Å². The van der Waals surface area contributed by atoms with E-state index >= 15 is 0 Å². The molecule has 92 valence electrons. The van der Waals surface area contributed by atoms with Crippen LogP contribution in [0, 0.1) is 0 Å². The van der Waals surface area contributed by atoms with Gasteiger partial charge >= 0.3 is 5.97 Å². The molecule has 0 bridgehead atoms. The third-order valence-corrected chi connectivity index (χ3v) is 3.17. The molecule has 0 saturated carbocycles. The zero-order valence-corrected chi connectivity index (χ0v) is 10.2. The highest BCUT2D eigenvalue weighted by atomic mass is 16.5. The molecule has 1 aliphatic rings. The van der Waals surface area contributed by atoms with E-state index in [1.165, 1.54) is 6.92 Å². The number of aromatic nitrogens is 2. The van der Waals surface area contributed by atoms with Crippen molar-refractivity contribution in [2.45, 2.75) is 32.3 Å². The zero-order valence-electron chi connectivity index (χ0n) is 10.2. The van der Waals surface area contributed by atoms with Crippen LogP contribution in [-0.2, 0) is 16.0 Å². The third-order valence-electron chi connectivity index (χ3n) is 3.17. The monoisotopic (exact) mass is 242 g/mol. The topological polar surface area (TPSA) is 52.1 Å². The Labute approximate surface area is 105 Å². The van der Waals surface area contributed by atoms with E-state index in [9.17, 15) is 4.79 Å². The quantitative estimate of drug-likeness (QED) is 0.721. The molecule has 1 heterocycles. The molecular weight excluding hydrogens is 228 g/mol. The standard InChI is InChI=1S/C14H14N2O2/c1-9(17)18-13-8-4-7-12-14(13)16-11-6-3-2-5-10(11)15-12/h2-3,5-6,13H,4,7-8H2,1H3/t13-/m0/s1. The summed E-state index contributed by atoms with van der Waals surface area (Å²) >= 11 is 0. The molecule has 18 heavy (non-hydrogen) atoms. The van der Waals surface area contributed by atoms with Gasteiger partial charge in [0.25, 0.3) is 0 Å². The normalized spacial score (nSPS) is 18.4. The van der Waals surface area contributed by atoms with Crippen molar-refractivity contribution in [2.24, 2.45) is 0 Å². The van der Waals surface area contributed by atoms with Crippen LogP contribution in [0.3, 0.4) is 0 Å². The maximum atomic E-state index is 11.1. The Morgan fingerprint density at radius 3 is 2.72 bits per heavy atom. The largest absolute Gasteiger partial charge is 0.456 e. The average Bonchev–Trinajstić information content (AvgIpc) is 2.36. The second kappa shape index (κ2) is 4.37. The van der Waals surface area contributed by atoms with Gasteiger partial charge in [-0.3, -0.25) is 4.79 Å². The molecule has 1 atom stereocenters. The lowest BCUT2D eigenvalue weighted by molar-refractivity contribution is -0.147. The lowest BCUT2D eigenvalue weighted by Crippen LogP contribution is -2.18. The first-order valence-corrected chi connectivity index (χ1v) is 6.17. The van der Waals surface area contributed by atoms with Gasteiger partial charge in [-0.2, -0.15) is 0 Å². The fraction of sp³-hybridized carbons (Fsp3) is 0.357. The summed E-state index contributed by atoms with van der Waals surface area (Å²) in [4.78, 5) is 20.3. The van der Waals surface area contributed by atoms with Crippen LogP contribution in [0.2, 0.25) is 0 Å². The summed E-state index contributed by atoms with van der Waals surface area (Å²) in [5.41, 5.74) is 3.55. The third kappa shape index (κ3) is 1.94. The van der Waals surface area contributed by atoms with E-state index in [1.807, 2.05) is 24.3 Å². The predicted molar refractivity (Wildman–Crippen MR) is 67.0 cm³/mol.